The van der Waals surface area contributed by atoms with Crippen LogP contribution < -0.4 is 0 Å². The van der Waals surface area contributed by atoms with E-state index in [-0.39, 0.29) is 5.92 Å². The predicted octanol–water partition coefficient (Wildman–Crippen LogP) is 2.71. The van der Waals surface area contributed by atoms with Crippen molar-refractivity contribution in [2.24, 2.45) is 0 Å². The van der Waals surface area contributed by atoms with E-state index in [1.807, 2.05) is 18.2 Å². The Balaban J connectivity index is 2.56. The lowest BCUT2D eigenvalue weighted by atomic mass is 9.99. The third-order valence-electron chi connectivity index (χ3n) is 2.37. The molecule has 1 aliphatic rings. The fourth-order valence-corrected chi connectivity index (χ4v) is 1.63. The summed E-state index contributed by atoms with van der Waals surface area (Å²) in [4.78, 5) is 0. The Hall–Kier alpha value is -1.55. The minimum atomic E-state index is 0.284. The van der Waals surface area contributed by atoms with Crippen LogP contribution in [0.1, 0.15) is 24.0 Å². The number of nitrogens with zero attached hydrogens (tertiary/aromatic N) is 1. The van der Waals surface area contributed by atoms with E-state index in [0.717, 1.165) is 5.57 Å². The zero-order valence-corrected chi connectivity index (χ0v) is 6.91. The lowest BCUT2D eigenvalue weighted by Crippen LogP contribution is -1.90. The predicted molar refractivity (Wildman–Crippen MR) is 48.4 cm³/mol. The zero-order valence-electron chi connectivity index (χ0n) is 6.91. The highest BCUT2D eigenvalue weighted by Crippen LogP contribution is 2.34. The van der Waals surface area contributed by atoms with Gasteiger partial charge in [0.1, 0.15) is 0 Å². The van der Waals surface area contributed by atoms with Crippen LogP contribution in [0.15, 0.2) is 29.8 Å². The molecule has 1 heteroatoms. The van der Waals surface area contributed by atoms with Crippen molar-refractivity contribution in [1.82, 2.24) is 0 Å². The van der Waals surface area contributed by atoms with Crippen molar-refractivity contribution in [3.8, 4) is 6.07 Å². The fraction of sp³-hybridized carbons (Fsp3) is 0.182. The van der Waals surface area contributed by atoms with Crippen molar-refractivity contribution in [3.63, 3.8) is 0 Å². The number of allylic oxidation sites excluding steroid dienone is 1. The third kappa shape index (κ3) is 0.853. The van der Waals surface area contributed by atoms with Crippen LogP contribution in [0, 0.1) is 11.3 Å². The molecule has 0 bridgehead atoms. The highest BCUT2D eigenvalue weighted by atomic mass is 14.3. The molecule has 0 heterocycles. The van der Waals surface area contributed by atoms with Gasteiger partial charge in [-0.15, -0.1) is 0 Å². The van der Waals surface area contributed by atoms with Gasteiger partial charge in [-0.05, 0) is 17.2 Å². The summed E-state index contributed by atoms with van der Waals surface area (Å²) < 4.78 is 0. The van der Waals surface area contributed by atoms with Crippen molar-refractivity contribution in [2.75, 3.05) is 0 Å². The summed E-state index contributed by atoms with van der Waals surface area (Å²) >= 11 is 0. The van der Waals surface area contributed by atoms with Gasteiger partial charge in [-0.2, -0.15) is 5.26 Å². The molecule has 0 fully saturated rings. The van der Waals surface area contributed by atoms with Gasteiger partial charge in [-0.25, -0.2) is 0 Å². The molecule has 0 N–H and O–H groups in total. The number of rotatable bonds is 0. The van der Waals surface area contributed by atoms with Crippen molar-refractivity contribution >= 4 is 6.08 Å². The number of hydrogen-bond acceptors (Lipinski definition) is 1. The Labute approximate surface area is 72.0 Å². The van der Waals surface area contributed by atoms with Crippen LogP contribution in [0.3, 0.4) is 0 Å². The van der Waals surface area contributed by atoms with E-state index >= 15 is 0 Å². The van der Waals surface area contributed by atoms with Crippen LogP contribution in [-0.4, -0.2) is 0 Å². The Kier molecular flexibility index (Phi) is 1.48. The molecule has 0 aliphatic heterocycles. The lowest BCUT2D eigenvalue weighted by Gasteiger charge is -2.03. The zero-order chi connectivity index (χ0) is 8.55. The Morgan fingerprint density at radius 1 is 1.33 bits per heavy atom. The molecule has 1 nitrogen and oxygen atoms in total. The quantitative estimate of drug-likeness (QED) is 0.565. The van der Waals surface area contributed by atoms with Crippen LogP contribution in [0.5, 0.6) is 0 Å². The first-order valence-corrected chi connectivity index (χ1v) is 4.03. The molecule has 1 aliphatic carbocycles. The largest absolute Gasteiger partial charge is 0.193 e. The number of fused-ring (bicyclic) bond motifs is 1. The van der Waals surface area contributed by atoms with Crippen molar-refractivity contribution < 1.29 is 0 Å². The van der Waals surface area contributed by atoms with Crippen molar-refractivity contribution in [1.29, 1.82) is 5.26 Å². The number of benzene rings is 1. The van der Waals surface area contributed by atoms with E-state index in [9.17, 15) is 0 Å². The van der Waals surface area contributed by atoms with E-state index in [1.165, 1.54) is 11.1 Å². The summed E-state index contributed by atoms with van der Waals surface area (Å²) in [7, 11) is 0. The topological polar surface area (TPSA) is 23.8 Å². The van der Waals surface area contributed by atoms with Gasteiger partial charge in [0.05, 0.1) is 6.07 Å². The highest BCUT2D eigenvalue weighted by Gasteiger charge is 2.19. The van der Waals surface area contributed by atoms with Gasteiger partial charge in [-0.3, -0.25) is 0 Å². The minimum Gasteiger partial charge on any atom is -0.193 e. The van der Waals surface area contributed by atoms with E-state index in [4.69, 9.17) is 5.26 Å². The van der Waals surface area contributed by atoms with Gasteiger partial charge < -0.3 is 0 Å². The van der Waals surface area contributed by atoms with Crippen molar-refractivity contribution in [2.45, 2.75) is 12.8 Å². The Morgan fingerprint density at radius 3 is 2.75 bits per heavy atom. The summed E-state index contributed by atoms with van der Waals surface area (Å²) in [6.45, 7) is 2.07. The summed E-state index contributed by atoms with van der Waals surface area (Å²) in [5.74, 6) is 0.284. The van der Waals surface area contributed by atoms with Gasteiger partial charge >= 0.3 is 0 Å². The molecule has 1 unspecified atom stereocenters. The van der Waals surface area contributed by atoms with Gasteiger partial charge in [0.15, 0.2) is 0 Å². The molecular formula is C11H9N. The summed E-state index contributed by atoms with van der Waals surface area (Å²) in [6.07, 6.45) is 1.97. The van der Waals surface area contributed by atoms with E-state index in [2.05, 4.69) is 25.1 Å². The molecule has 1 aromatic rings. The average molecular weight is 155 g/mol. The SMILES string of the molecule is CC1C(C#N)=Cc2ccccc21. The molecule has 0 amide bonds. The maximum absolute atomic E-state index is 8.79. The van der Waals surface area contributed by atoms with E-state index in [1.54, 1.807) is 0 Å². The van der Waals surface area contributed by atoms with E-state index in [0.29, 0.717) is 0 Å². The van der Waals surface area contributed by atoms with Crippen LogP contribution >= 0.6 is 0 Å². The molecule has 58 valence electrons. The van der Waals surface area contributed by atoms with Gasteiger partial charge in [-0.1, -0.05) is 31.2 Å². The Morgan fingerprint density at radius 2 is 2.08 bits per heavy atom. The maximum atomic E-state index is 8.79. The van der Waals surface area contributed by atoms with Crippen LogP contribution in [-0.2, 0) is 0 Å². The number of hydrogen-bond donors (Lipinski definition) is 0. The summed E-state index contributed by atoms with van der Waals surface area (Å²) in [6, 6.07) is 10.4. The molecule has 0 saturated heterocycles. The fourth-order valence-electron chi connectivity index (χ4n) is 1.63. The molecule has 0 spiro atoms. The Bertz CT molecular complexity index is 382. The average Bonchev–Trinajstić information content (AvgIpc) is 2.44. The minimum absolute atomic E-state index is 0.284. The van der Waals surface area contributed by atoms with Crippen LogP contribution in [0.4, 0.5) is 0 Å². The molecule has 1 aromatic carbocycles. The monoisotopic (exact) mass is 155 g/mol. The standard InChI is InChI=1S/C11H9N/c1-8-10(7-12)6-9-4-2-3-5-11(8)9/h2-6,8H,1H3. The molecule has 0 aromatic heterocycles. The molecule has 1 atom stereocenters. The molecule has 0 radical (unpaired) electrons. The first-order valence-electron chi connectivity index (χ1n) is 4.03. The summed E-state index contributed by atoms with van der Waals surface area (Å²) in [5, 5.41) is 8.79. The third-order valence-corrected chi connectivity index (χ3v) is 2.37. The second-order valence-corrected chi connectivity index (χ2v) is 3.06. The van der Waals surface area contributed by atoms with Gasteiger partial charge in [0.2, 0.25) is 0 Å². The second kappa shape index (κ2) is 2.49. The molecular weight excluding hydrogens is 146 g/mol. The highest BCUT2D eigenvalue weighted by molar-refractivity contribution is 5.69. The molecule has 2 rings (SSSR count). The molecule has 12 heavy (non-hydrogen) atoms. The van der Waals surface area contributed by atoms with Crippen molar-refractivity contribution in [3.05, 3.63) is 41.0 Å². The van der Waals surface area contributed by atoms with Gasteiger partial charge in [0, 0.05) is 11.5 Å². The smallest absolute Gasteiger partial charge is 0.0953 e. The second-order valence-electron chi connectivity index (χ2n) is 3.06. The lowest BCUT2D eigenvalue weighted by molar-refractivity contribution is 0.951. The molecule has 0 saturated carbocycles. The maximum Gasteiger partial charge on any atom is 0.0953 e. The summed E-state index contributed by atoms with van der Waals surface area (Å²) in [5.41, 5.74) is 3.34. The first kappa shape index (κ1) is 7.12. The normalized spacial score (nSPS) is 19.7. The van der Waals surface area contributed by atoms with Crippen LogP contribution in [0.2, 0.25) is 0 Å². The van der Waals surface area contributed by atoms with E-state index < -0.39 is 0 Å². The van der Waals surface area contributed by atoms with Crippen LogP contribution in [0.25, 0.3) is 6.08 Å². The first-order chi connectivity index (χ1) is 5.83. The van der Waals surface area contributed by atoms with Gasteiger partial charge in [0.25, 0.3) is 0 Å². The number of nitriles is 1.